The minimum absolute atomic E-state index is 0.183. The molecule has 0 saturated carbocycles. The van der Waals surface area contributed by atoms with Crippen LogP contribution in [0.2, 0.25) is 0 Å². The Morgan fingerprint density at radius 1 is 1.43 bits per heavy atom. The number of aryl methyl sites for hydroxylation is 1. The van der Waals surface area contributed by atoms with Crippen molar-refractivity contribution in [3.8, 4) is 16.9 Å². The first-order valence-electron chi connectivity index (χ1n) is 7.13. The quantitative estimate of drug-likeness (QED) is 0.682. The highest BCUT2D eigenvalue weighted by atomic mass is 32.1. The second-order valence-electron chi connectivity index (χ2n) is 4.91. The van der Waals surface area contributed by atoms with Gasteiger partial charge in [-0.1, -0.05) is 12.1 Å². The number of carbonyl (C=O) groups excluding carboxylic acids is 1. The predicted octanol–water partition coefficient (Wildman–Crippen LogP) is 2.65. The molecule has 118 valence electrons. The molecule has 0 aliphatic carbocycles. The Morgan fingerprint density at radius 2 is 2.35 bits per heavy atom. The number of amides is 1. The molecule has 3 rings (SSSR count). The lowest BCUT2D eigenvalue weighted by atomic mass is 10.1. The summed E-state index contributed by atoms with van der Waals surface area (Å²) in [6.07, 6.45) is 1.79. The van der Waals surface area contributed by atoms with Gasteiger partial charge in [-0.2, -0.15) is 5.10 Å². The third-order valence-electron chi connectivity index (χ3n) is 3.30. The molecule has 0 unspecified atom stereocenters. The normalized spacial score (nSPS) is 10.5. The van der Waals surface area contributed by atoms with Crippen molar-refractivity contribution in [1.82, 2.24) is 20.5 Å². The molecule has 0 fully saturated rings. The minimum Gasteiger partial charge on any atom is -0.492 e. The van der Waals surface area contributed by atoms with E-state index in [0.717, 1.165) is 22.6 Å². The van der Waals surface area contributed by atoms with Gasteiger partial charge in [-0.25, -0.2) is 4.98 Å². The zero-order valence-corrected chi connectivity index (χ0v) is 13.4. The Kier molecular flexibility index (Phi) is 4.68. The molecule has 1 amide bonds. The van der Waals surface area contributed by atoms with Gasteiger partial charge in [0.1, 0.15) is 18.1 Å². The van der Waals surface area contributed by atoms with Crippen LogP contribution >= 0.6 is 11.3 Å². The molecule has 3 aromatic rings. The third-order valence-corrected chi connectivity index (χ3v) is 3.88. The van der Waals surface area contributed by atoms with Crippen molar-refractivity contribution in [1.29, 1.82) is 0 Å². The molecule has 23 heavy (non-hydrogen) atoms. The van der Waals surface area contributed by atoms with Gasteiger partial charge >= 0.3 is 0 Å². The van der Waals surface area contributed by atoms with E-state index in [2.05, 4.69) is 20.5 Å². The maximum absolute atomic E-state index is 11.7. The molecule has 2 N–H and O–H groups in total. The SMILES string of the molecule is Cc1[nH]ncc1-c1cccc(OCCNC(=O)c2cscn2)c1. The molecule has 0 spiro atoms. The van der Waals surface area contributed by atoms with Crippen LogP contribution in [-0.4, -0.2) is 34.2 Å². The monoisotopic (exact) mass is 328 g/mol. The maximum atomic E-state index is 11.7. The summed E-state index contributed by atoms with van der Waals surface area (Å²) in [6, 6.07) is 7.79. The number of thiazole rings is 1. The summed E-state index contributed by atoms with van der Waals surface area (Å²) in [5, 5.41) is 11.4. The zero-order chi connectivity index (χ0) is 16.1. The summed E-state index contributed by atoms with van der Waals surface area (Å²) in [7, 11) is 0. The molecular formula is C16H16N4O2S. The highest BCUT2D eigenvalue weighted by molar-refractivity contribution is 7.07. The number of aromatic nitrogens is 3. The molecule has 0 radical (unpaired) electrons. The van der Waals surface area contributed by atoms with Gasteiger partial charge in [-0.15, -0.1) is 11.3 Å². The number of carbonyl (C=O) groups is 1. The number of nitrogens with one attached hydrogen (secondary N) is 2. The minimum atomic E-state index is -0.183. The van der Waals surface area contributed by atoms with Gasteiger partial charge in [0.25, 0.3) is 5.91 Å². The number of ether oxygens (including phenoxy) is 1. The van der Waals surface area contributed by atoms with Crippen LogP contribution in [0.5, 0.6) is 5.75 Å². The van der Waals surface area contributed by atoms with Crippen molar-refractivity contribution < 1.29 is 9.53 Å². The van der Waals surface area contributed by atoms with E-state index in [4.69, 9.17) is 4.74 Å². The molecule has 2 aromatic heterocycles. The van der Waals surface area contributed by atoms with E-state index in [0.29, 0.717) is 18.8 Å². The van der Waals surface area contributed by atoms with Gasteiger partial charge in [0.2, 0.25) is 0 Å². The van der Waals surface area contributed by atoms with Crippen LogP contribution in [0, 0.1) is 6.92 Å². The standard InChI is InChI=1S/C16H16N4O2S/c1-11-14(8-19-20-11)12-3-2-4-13(7-12)22-6-5-17-16(21)15-9-23-10-18-15/h2-4,7-10H,5-6H2,1H3,(H,17,21)(H,19,20). The number of H-pyrrole nitrogens is 1. The summed E-state index contributed by atoms with van der Waals surface area (Å²) in [6.45, 7) is 2.79. The van der Waals surface area contributed by atoms with Crippen LogP contribution < -0.4 is 10.1 Å². The van der Waals surface area contributed by atoms with E-state index >= 15 is 0 Å². The van der Waals surface area contributed by atoms with Crippen molar-refractivity contribution in [2.75, 3.05) is 13.2 Å². The maximum Gasteiger partial charge on any atom is 0.270 e. The summed E-state index contributed by atoms with van der Waals surface area (Å²) in [4.78, 5) is 15.7. The molecule has 0 saturated heterocycles. The fourth-order valence-corrected chi connectivity index (χ4v) is 2.68. The fraction of sp³-hybridized carbons (Fsp3) is 0.188. The van der Waals surface area contributed by atoms with E-state index in [1.54, 1.807) is 17.1 Å². The van der Waals surface area contributed by atoms with Crippen molar-refractivity contribution in [3.05, 3.63) is 52.7 Å². The van der Waals surface area contributed by atoms with Crippen LogP contribution in [0.15, 0.2) is 41.4 Å². The highest BCUT2D eigenvalue weighted by Crippen LogP contribution is 2.25. The Morgan fingerprint density at radius 3 is 3.09 bits per heavy atom. The average molecular weight is 328 g/mol. The summed E-state index contributed by atoms with van der Waals surface area (Å²) < 4.78 is 5.69. The Balaban J connectivity index is 1.53. The first kappa shape index (κ1) is 15.2. The lowest BCUT2D eigenvalue weighted by Gasteiger charge is -2.08. The van der Waals surface area contributed by atoms with Gasteiger partial charge < -0.3 is 10.1 Å². The van der Waals surface area contributed by atoms with Crippen molar-refractivity contribution >= 4 is 17.2 Å². The Hall–Kier alpha value is -2.67. The van der Waals surface area contributed by atoms with E-state index in [1.165, 1.54) is 11.3 Å². The Bertz CT molecular complexity index is 783. The number of hydrogen-bond acceptors (Lipinski definition) is 5. The summed E-state index contributed by atoms with van der Waals surface area (Å²) >= 11 is 1.39. The molecular weight excluding hydrogens is 312 g/mol. The number of hydrogen-bond donors (Lipinski definition) is 2. The van der Waals surface area contributed by atoms with E-state index < -0.39 is 0 Å². The summed E-state index contributed by atoms with van der Waals surface area (Å²) in [5.74, 6) is 0.573. The van der Waals surface area contributed by atoms with Gasteiger partial charge in [0, 0.05) is 16.6 Å². The van der Waals surface area contributed by atoms with Crippen LogP contribution in [0.1, 0.15) is 16.2 Å². The van der Waals surface area contributed by atoms with Crippen LogP contribution in [-0.2, 0) is 0 Å². The van der Waals surface area contributed by atoms with E-state index in [-0.39, 0.29) is 5.91 Å². The third kappa shape index (κ3) is 3.75. The van der Waals surface area contributed by atoms with Crippen molar-refractivity contribution in [2.24, 2.45) is 0 Å². The Labute approximate surface area is 137 Å². The zero-order valence-electron chi connectivity index (χ0n) is 12.6. The van der Waals surface area contributed by atoms with E-state index in [9.17, 15) is 4.79 Å². The van der Waals surface area contributed by atoms with Crippen LogP contribution in [0.25, 0.3) is 11.1 Å². The smallest absolute Gasteiger partial charge is 0.270 e. The molecule has 2 heterocycles. The number of benzene rings is 1. The van der Waals surface area contributed by atoms with Gasteiger partial charge in [0.15, 0.2) is 0 Å². The van der Waals surface area contributed by atoms with E-state index in [1.807, 2.05) is 31.2 Å². The average Bonchev–Trinajstić information content (AvgIpc) is 3.23. The van der Waals surface area contributed by atoms with Gasteiger partial charge in [-0.05, 0) is 24.6 Å². The molecule has 0 aliphatic heterocycles. The number of nitrogens with zero attached hydrogens (tertiary/aromatic N) is 2. The van der Waals surface area contributed by atoms with Gasteiger partial charge in [-0.3, -0.25) is 9.89 Å². The molecule has 0 aliphatic rings. The molecule has 0 atom stereocenters. The second-order valence-corrected chi connectivity index (χ2v) is 5.63. The van der Waals surface area contributed by atoms with Crippen molar-refractivity contribution in [2.45, 2.75) is 6.92 Å². The van der Waals surface area contributed by atoms with Crippen LogP contribution in [0.3, 0.4) is 0 Å². The molecule has 6 nitrogen and oxygen atoms in total. The second kappa shape index (κ2) is 7.06. The predicted molar refractivity (Wildman–Crippen MR) is 88.7 cm³/mol. The number of aromatic amines is 1. The van der Waals surface area contributed by atoms with Crippen molar-refractivity contribution in [3.63, 3.8) is 0 Å². The summed E-state index contributed by atoms with van der Waals surface area (Å²) in [5.41, 5.74) is 5.17. The van der Waals surface area contributed by atoms with Crippen LogP contribution in [0.4, 0.5) is 0 Å². The highest BCUT2D eigenvalue weighted by Gasteiger charge is 2.07. The fourth-order valence-electron chi connectivity index (χ4n) is 2.14. The molecule has 7 heteroatoms. The lowest BCUT2D eigenvalue weighted by molar-refractivity contribution is 0.0942. The molecule has 1 aromatic carbocycles. The van der Waals surface area contributed by atoms with Gasteiger partial charge in [0.05, 0.1) is 18.3 Å². The topological polar surface area (TPSA) is 79.9 Å². The molecule has 0 bridgehead atoms. The first-order chi connectivity index (χ1) is 11.2. The number of rotatable bonds is 6. The first-order valence-corrected chi connectivity index (χ1v) is 8.08. The lowest BCUT2D eigenvalue weighted by Crippen LogP contribution is -2.28. The largest absolute Gasteiger partial charge is 0.492 e.